The molecule has 0 fully saturated rings. The number of fused-ring (bicyclic) bond motifs is 12. The van der Waals surface area contributed by atoms with Crippen LogP contribution in [0.15, 0.2) is 247 Å². The molecule has 0 unspecified atom stereocenters. The van der Waals surface area contributed by atoms with E-state index >= 15 is 0 Å². The van der Waals surface area contributed by atoms with Crippen molar-refractivity contribution in [1.82, 2.24) is 0 Å². The summed E-state index contributed by atoms with van der Waals surface area (Å²) in [6.45, 7) is 0. The van der Waals surface area contributed by atoms with E-state index in [1.54, 1.807) is 0 Å². The lowest BCUT2D eigenvalue weighted by Gasteiger charge is -2.28. The summed E-state index contributed by atoms with van der Waals surface area (Å²) in [5.74, 6) is 0. The number of benzene rings is 12. The summed E-state index contributed by atoms with van der Waals surface area (Å²) in [7, 11) is 0. The Morgan fingerprint density at radius 2 is 0.831 bits per heavy atom. The van der Waals surface area contributed by atoms with E-state index in [1.165, 1.54) is 53.9 Å². The molecule has 0 N–H and O–H groups in total. The van der Waals surface area contributed by atoms with Crippen molar-refractivity contribution >= 4 is 110 Å². The Labute approximate surface area is 376 Å². The quantitative estimate of drug-likeness (QED) is 0.149. The third kappa shape index (κ3) is 6.05. The summed E-state index contributed by atoms with van der Waals surface area (Å²) >= 11 is 0. The summed E-state index contributed by atoms with van der Waals surface area (Å²) in [6, 6.07) is 87.7. The van der Waals surface area contributed by atoms with Crippen LogP contribution in [0, 0.1) is 0 Å². The van der Waals surface area contributed by atoms with E-state index in [4.69, 9.17) is 4.42 Å². The maximum atomic E-state index is 6.73. The van der Waals surface area contributed by atoms with Crippen LogP contribution in [0.3, 0.4) is 0 Å². The van der Waals surface area contributed by atoms with Gasteiger partial charge in [0, 0.05) is 39.1 Å². The van der Waals surface area contributed by atoms with Gasteiger partial charge in [-0.2, -0.15) is 0 Å². The molecule has 0 aliphatic rings. The van der Waals surface area contributed by atoms with Gasteiger partial charge in [-0.15, -0.1) is 0 Å². The van der Waals surface area contributed by atoms with Crippen molar-refractivity contribution < 1.29 is 4.42 Å². The third-order valence-electron chi connectivity index (χ3n) is 13.2. The Kier molecular flexibility index (Phi) is 8.53. The highest BCUT2D eigenvalue weighted by Gasteiger charge is 2.23. The summed E-state index contributed by atoms with van der Waals surface area (Å²) in [4.78, 5) is 4.76. The summed E-state index contributed by atoms with van der Waals surface area (Å²) in [6.07, 6.45) is 0. The molecule has 1 heterocycles. The van der Waals surface area contributed by atoms with E-state index in [0.29, 0.717) is 0 Å². The normalized spacial score (nSPS) is 11.7. The van der Waals surface area contributed by atoms with Crippen LogP contribution in [-0.2, 0) is 0 Å². The molecule has 0 radical (unpaired) electrons. The molecule has 65 heavy (non-hydrogen) atoms. The van der Waals surface area contributed by atoms with Gasteiger partial charge in [-0.3, -0.25) is 0 Å². The molecule has 13 rings (SSSR count). The van der Waals surface area contributed by atoms with Crippen LogP contribution in [0.25, 0.3) is 86.9 Å². The van der Waals surface area contributed by atoms with Crippen LogP contribution in [0.5, 0.6) is 0 Å². The van der Waals surface area contributed by atoms with Gasteiger partial charge in [0.15, 0.2) is 5.58 Å². The smallest absolute Gasteiger partial charge is 0.159 e. The van der Waals surface area contributed by atoms with E-state index in [-0.39, 0.29) is 0 Å². The maximum absolute atomic E-state index is 6.73. The minimum atomic E-state index is 0.860. The maximum Gasteiger partial charge on any atom is 0.159 e. The van der Waals surface area contributed by atoms with E-state index < -0.39 is 0 Å². The first-order valence-electron chi connectivity index (χ1n) is 22.2. The van der Waals surface area contributed by atoms with Crippen molar-refractivity contribution in [3.8, 4) is 11.1 Å². The first-order chi connectivity index (χ1) is 32.2. The molecule has 0 aliphatic heterocycles. The Hall–Kier alpha value is -8.66. The lowest BCUT2D eigenvalue weighted by atomic mass is 9.90. The molecular weight excluding hydrogens is 789 g/mol. The summed E-state index contributed by atoms with van der Waals surface area (Å²) in [5, 5.41) is 14.5. The molecule has 12 aromatic carbocycles. The molecule has 0 aliphatic carbocycles. The minimum Gasteiger partial charge on any atom is -0.454 e. The van der Waals surface area contributed by atoms with E-state index in [9.17, 15) is 0 Å². The van der Waals surface area contributed by atoms with Crippen molar-refractivity contribution in [2.45, 2.75) is 0 Å². The van der Waals surface area contributed by atoms with Gasteiger partial charge in [0.1, 0.15) is 5.58 Å². The van der Waals surface area contributed by atoms with Crippen molar-refractivity contribution in [2.24, 2.45) is 0 Å². The second kappa shape index (κ2) is 15.0. The van der Waals surface area contributed by atoms with Gasteiger partial charge in [-0.25, -0.2) is 0 Å². The first kappa shape index (κ1) is 36.9. The Bertz CT molecular complexity index is 3950. The van der Waals surface area contributed by atoms with Crippen LogP contribution in [0.1, 0.15) is 0 Å². The second-order valence-electron chi connectivity index (χ2n) is 16.8. The zero-order chi connectivity index (χ0) is 42.8. The van der Waals surface area contributed by atoms with E-state index in [0.717, 1.165) is 67.2 Å². The van der Waals surface area contributed by atoms with Crippen LogP contribution < -0.4 is 9.80 Å². The number of rotatable bonds is 7. The van der Waals surface area contributed by atoms with Crippen molar-refractivity contribution in [2.75, 3.05) is 9.80 Å². The number of nitrogens with zero attached hydrogens (tertiary/aromatic N) is 2. The van der Waals surface area contributed by atoms with Gasteiger partial charge in [-0.1, -0.05) is 176 Å². The molecule has 1 aromatic heterocycles. The predicted molar refractivity (Wildman–Crippen MR) is 276 cm³/mol. The fourth-order valence-electron chi connectivity index (χ4n) is 10.2. The Morgan fingerprint density at radius 1 is 0.277 bits per heavy atom. The van der Waals surface area contributed by atoms with Crippen LogP contribution in [-0.4, -0.2) is 0 Å². The summed E-state index contributed by atoms with van der Waals surface area (Å²) in [5.41, 5.74) is 10.5. The monoisotopic (exact) mass is 828 g/mol. The second-order valence-corrected chi connectivity index (χ2v) is 16.8. The molecular formula is C62H40N2O. The molecule has 0 atom stereocenters. The number of anilines is 6. The molecule has 304 valence electrons. The van der Waals surface area contributed by atoms with Crippen molar-refractivity contribution in [3.63, 3.8) is 0 Å². The standard InChI is InChI=1S/C62H40N2O/c1-3-17-42(18-4-1)49-22-11-13-27-58(49)64(59-28-15-26-56-53-24-12-14-29-60(53)65-62(56)59)47-33-36-50-44(39-47)31-35-55-52-37-34-48(40-57(52)51-23-9-10-25-54(51)61(50)55)63(45-20-5-2-6-21-45)46-32-30-41-16-7-8-19-43(41)38-46/h1-40H. The van der Waals surface area contributed by atoms with Gasteiger partial charge < -0.3 is 14.2 Å². The van der Waals surface area contributed by atoms with Crippen molar-refractivity contribution in [3.05, 3.63) is 243 Å². The van der Waals surface area contributed by atoms with E-state index in [1.807, 2.05) is 6.07 Å². The topological polar surface area (TPSA) is 19.6 Å². The number of furan rings is 1. The van der Waals surface area contributed by atoms with Crippen LogP contribution >= 0.6 is 0 Å². The summed E-state index contributed by atoms with van der Waals surface area (Å²) < 4.78 is 6.73. The fraction of sp³-hybridized carbons (Fsp3) is 0. The molecule has 3 nitrogen and oxygen atoms in total. The number of para-hydroxylation sites is 4. The molecule has 3 heteroatoms. The SMILES string of the molecule is c1ccc(-c2ccccc2N(c2ccc3c(ccc4c5ccc(N(c6ccccc6)c6ccc7ccccc7c6)cc5c5ccccc5c34)c2)c2cccc3c2oc2ccccc23)cc1. The van der Waals surface area contributed by atoms with Gasteiger partial charge in [0.25, 0.3) is 0 Å². The van der Waals surface area contributed by atoms with E-state index in [2.05, 4.69) is 246 Å². The highest BCUT2D eigenvalue weighted by atomic mass is 16.3. The van der Waals surface area contributed by atoms with Gasteiger partial charge >= 0.3 is 0 Å². The predicted octanol–water partition coefficient (Wildman–Crippen LogP) is 18.0. The lowest BCUT2D eigenvalue weighted by Crippen LogP contribution is -2.11. The van der Waals surface area contributed by atoms with Crippen LogP contribution in [0.2, 0.25) is 0 Å². The number of hydrogen-bond acceptors (Lipinski definition) is 3. The molecule has 0 saturated heterocycles. The average molecular weight is 829 g/mol. The number of hydrogen-bond donors (Lipinski definition) is 0. The zero-order valence-corrected chi connectivity index (χ0v) is 35.4. The zero-order valence-electron chi connectivity index (χ0n) is 35.4. The van der Waals surface area contributed by atoms with Gasteiger partial charge in [-0.05, 0) is 126 Å². The van der Waals surface area contributed by atoms with Gasteiger partial charge in [0.2, 0.25) is 0 Å². The fourth-order valence-corrected chi connectivity index (χ4v) is 10.2. The largest absolute Gasteiger partial charge is 0.454 e. The molecule has 13 aromatic rings. The molecule has 0 bridgehead atoms. The third-order valence-corrected chi connectivity index (χ3v) is 13.2. The first-order valence-corrected chi connectivity index (χ1v) is 22.2. The molecule has 0 saturated carbocycles. The lowest BCUT2D eigenvalue weighted by molar-refractivity contribution is 0.669. The Balaban J connectivity index is 1.02. The van der Waals surface area contributed by atoms with Gasteiger partial charge in [0.05, 0.1) is 11.4 Å². The van der Waals surface area contributed by atoms with Crippen molar-refractivity contribution in [1.29, 1.82) is 0 Å². The Morgan fingerprint density at radius 3 is 1.69 bits per heavy atom. The van der Waals surface area contributed by atoms with Crippen LogP contribution in [0.4, 0.5) is 34.1 Å². The highest BCUT2D eigenvalue weighted by molar-refractivity contribution is 6.32. The minimum absolute atomic E-state index is 0.860. The molecule has 0 spiro atoms. The molecule has 0 amide bonds. The average Bonchev–Trinajstić information content (AvgIpc) is 3.77. The highest BCUT2D eigenvalue weighted by Crippen LogP contribution is 2.48.